The first-order valence-corrected chi connectivity index (χ1v) is 6.36. The van der Waals surface area contributed by atoms with Gasteiger partial charge in [-0.3, -0.25) is 0 Å². The van der Waals surface area contributed by atoms with Crippen LogP contribution in [0.5, 0.6) is 0 Å². The van der Waals surface area contributed by atoms with Crippen molar-refractivity contribution in [3.05, 3.63) is 22.7 Å². The lowest BCUT2D eigenvalue weighted by Crippen LogP contribution is -2.47. The Morgan fingerprint density at radius 3 is 2.76 bits per heavy atom. The summed E-state index contributed by atoms with van der Waals surface area (Å²) in [6.07, 6.45) is 1.01. The second-order valence-corrected chi connectivity index (χ2v) is 5.25. The Hall–Kier alpha value is -0.930. The first kappa shape index (κ1) is 12.5. The van der Waals surface area contributed by atoms with Crippen LogP contribution in [0.4, 0.5) is 11.4 Å². The van der Waals surface area contributed by atoms with Gasteiger partial charge in [0.15, 0.2) is 0 Å². The summed E-state index contributed by atoms with van der Waals surface area (Å²) in [6.45, 7) is 3.85. The van der Waals surface area contributed by atoms with E-state index in [1.165, 1.54) is 16.9 Å². The number of nitrogens with two attached hydrogens (primary N) is 1. The second-order valence-electron chi connectivity index (χ2n) is 4.81. The van der Waals surface area contributed by atoms with Crippen LogP contribution in [0.2, 0.25) is 5.02 Å². The zero-order valence-electron chi connectivity index (χ0n) is 10.7. The fraction of sp³-hybridized carbons (Fsp3) is 0.538. The number of halogens is 1. The molecule has 1 aromatic carbocycles. The molecule has 0 aromatic heterocycles. The molecule has 94 valence electrons. The van der Waals surface area contributed by atoms with Crippen molar-refractivity contribution in [3.63, 3.8) is 0 Å². The molecular weight excluding hydrogens is 234 g/mol. The van der Waals surface area contributed by atoms with E-state index in [1.54, 1.807) is 0 Å². The molecule has 1 unspecified atom stereocenters. The molecule has 0 saturated carbocycles. The van der Waals surface area contributed by atoms with Crippen molar-refractivity contribution in [2.24, 2.45) is 5.73 Å². The van der Waals surface area contributed by atoms with E-state index >= 15 is 0 Å². The fourth-order valence-corrected chi connectivity index (χ4v) is 2.95. The fourth-order valence-electron chi connectivity index (χ4n) is 2.69. The molecule has 3 nitrogen and oxygen atoms in total. The SMILES string of the molecule is Cc1cc(Cl)cc2c1N(C)CC(CCN)N2C. The summed E-state index contributed by atoms with van der Waals surface area (Å²) in [5, 5.41) is 0.801. The standard InChI is InChI=1S/C13H20ClN3/c1-9-6-10(14)7-12-13(9)16(2)8-11(4-5-15)17(12)3/h6-7,11H,4-5,8,15H2,1-3H3. The van der Waals surface area contributed by atoms with E-state index in [0.717, 1.165) is 24.5 Å². The third-order valence-electron chi connectivity index (χ3n) is 3.54. The van der Waals surface area contributed by atoms with Crippen LogP contribution in [0.25, 0.3) is 0 Å². The van der Waals surface area contributed by atoms with Gasteiger partial charge in [0.2, 0.25) is 0 Å². The molecule has 1 heterocycles. The molecule has 2 rings (SSSR count). The summed E-state index contributed by atoms with van der Waals surface area (Å²) in [4.78, 5) is 4.61. The van der Waals surface area contributed by atoms with Gasteiger partial charge in [-0.15, -0.1) is 0 Å². The van der Waals surface area contributed by atoms with Gasteiger partial charge in [0.1, 0.15) is 0 Å². The minimum atomic E-state index is 0.468. The van der Waals surface area contributed by atoms with Crippen LogP contribution < -0.4 is 15.5 Å². The van der Waals surface area contributed by atoms with Gasteiger partial charge in [0.05, 0.1) is 11.4 Å². The highest BCUT2D eigenvalue weighted by molar-refractivity contribution is 6.31. The van der Waals surface area contributed by atoms with E-state index in [0.29, 0.717) is 6.04 Å². The highest BCUT2D eigenvalue weighted by Crippen LogP contribution is 2.39. The molecule has 0 radical (unpaired) electrons. The molecule has 0 aliphatic carbocycles. The first-order chi connectivity index (χ1) is 8.04. The lowest BCUT2D eigenvalue weighted by atomic mass is 10.0. The Morgan fingerprint density at radius 1 is 1.41 bits per heavy atom. The van der Waals surface area contributed by atoms with Crippen molar-refractivity contribution < 1.29 is 0 Å². The van der Waals surface area contributed by atoms with Crippen LogP contribution >= 0.6 is 11.6 Å². The molecule has 4 heteroatoms. The number of nitrogens with zero attached hydrogens (tertiary/aromatic N) is 2. The molecule has 1 aliphatic heterocycles. The molecular formula is C13H20ClN3. The zero-order valence-corrected chi connectivity index (χ0v) is 11.5. The molecule has 2 N–H and O–H groups in total. The molecule has 0 bridgehead atoms. The Kier molecular flexibility index (Phi) is 3.50. The lowest BCUT2D eigenvalue weighted by molar-refractivity contribution is 0.566. The van der Waals surface area contributed by atoms with Gasteiger partial charge < -0.3 is 15.5 Å². The lowest BCUT2D eigenvalue weighted by Gasteiger charge is -2.42. The minimum Gasteiger partial charge on any atom is -0.371 e. The molecule has 1 atom stereocenters. The number of likely N-dealkylation sites (N-methyl/N-ethyl adjacent to an activating group) is 2. The van der Waals surface area contributed by atoms with Crippen molar-refractivity contribution in [3.8, 4) is 0 Å². The molecule has 0 spiro atoms. The summed E-state index contributed by atoms with van der Waals surface area (Å²) in [5.41, 5.74) is 9.40. The van der Waals surface area contributed by atoms with Crippen molar-refractivity contribution in [1.82, 2.24) is 0 Å². The Bertz CT molecular complexity index is 419. The number of hydrogen-bond donors (Lipinski definition) is 1. The van der Waals surface area contributed by atoms with Crippen LogP contribution in [-0.4, -0.2) is 33.2 Å². The summed E-state index contributed by atoms with van der Waals surface area (Å²) < 4.78 is 0. The second kappa shape index (κ2) is 4.75. The van der Waals surface area contributed by atoms with Gasteiger partial charge in [0, 0.05) is 31.7 Å². The smallest absolute Gasteiger partial charge is 0.0632 e. The molecule has 0 fully saturated rings. The maximum absolute atomic E-state index is 6.15. The van der Waals surface area contributed by atoms with Gasteiger partial charge in [0.25, 0.3) is 0 Å². The highest BCUT2D eigenvalue weighted by atomic mass is 35.5. The van der Waals surface area contributed by atoms with Crippen LogP contribution in [0.1, 0.15) is 12.0 Å². The minimum absolute atomic E-state index is 0.468. The Morgan fingerprint density at radius 2 is 2.12 bits per heavy atom. The summed E-state index contributed by atoms with van der Waals surface area (Å²) in [7, 11) is 4.26. The number of aryl methyl sites for hydroxylation is 1. The van der Waals surface area contributed by atoms with Crippen LogP contribution in [0, 0.1) is 6.92 Å². The average molecular weight is 254 g/mol. The Balaban J connectivity index is 2.45. The van der Waals surface area contributed by atoms with Gasteiger partial charge in [-0.2, -0.15) is 0 Å². The number of hydrogen-bond acceptors (Lipinski definition) is 3. The highest BCUT2D eigenvalue weighted by Gasteiger charge is 2.27. The third kappa shape index (κ3) is 2.22. The van der Waals surface area contributed by atoms with Gasteiger partial charge in [-0.1, -0.05) is 11.6 Å². The van der Waals surface area contributed by atoms with Gasteiger partial charge in [-0.25, -0.2) is 0 Å². The van der Waals surface area contributed by atoms with Crippen LogP contribution in [0.15, 0.2) is 12.1 Å². The maximum atomic E-state index is 6.15. The van der Waals surface area contributed by atoms with Crippen molar-refractivity contribution in [1.29, 1.82) is 0 Å². The Labute approximate surface area is 108 Å². The van der Waals surface area contributed by atoms with Gasteiger partial charge in [-0.05, 0) is 37.6 Å². The monoisotopic (exact) mass is 253 g/mol. The summed E-state index contributed by atoms with van der Waals surface area (Å²) in [6, 6.07) is 4.53. The zero-order chi connectivity index (χ0) is 12.6. The van der Waals surface area contributed by atoms with Crippen LogP contribution in [0.3, 0.4) is 0 Å². The largest absolute Gasteiger partial charge is 0.371 e. The predicted octanol–water partition coefficient (Wildman–Crippen LogP) is 2.25. The molecule has 0 saturated heterocycles. The van der Waals surface area contributed by atoms with Crippen molar-refractivity contribution in [2.75, 3.05) is 37.0 Å². The average Bonchev–Trinajstić information content (AvgIpc) is 2.24. The van der Waals surface area contributed by atoms with Crippen molar-refractivity contribution in [2.45, 2.75) is 19.4 Å². The third-order valence-corrected chi connectivity index (χ3v) is 3.76. The first-order valence-electron chi connectivity index (χ1n) is 5.98. The number of rotatable bonds is 2. The van der Waals surface area contributed by atoms with E-state index in [4.69, 9.17) is 17.3 Å². The van der Waals surface area contributed by atoms with Gasteiger partial charge >= 0.3 is 0 Å². The van der Waals surface area contributed by atoms with E-state index in [-0.39, 0.29) is 0 Å². The number of benzene rings is 1. The number of fused-ring (bicyclic) bond motifs is 1. The van der Waals surface area contributed by atoms with E-state index in [9.17, 15) is 0 Å². The summed E-state index contributed by atoms with van der Waals surface area (Å²) in [5.74, 6) is 0. The van der Waals surface area contributed by atoms with E-state index < -0.39 is 0 Å². The van der Waals surface area contributed by atoms with E-state index in [1.807, 2.05) is 12.1 Å². The maximum Gasteiger partial charge on any atom is 0.0632 e. The molecule has 0 amide bonds. The topological polar surface area (TPSA) is 32.5 Å². The molecule has 1 aliphatic rings. The normalized spacial score (nSPS) is 19.5. The molecule has 17 heavy (non-hydrogen) atoms. The van der Waals surface area contributed by atoms with Crippen LogP contribution in [-0.2, 0) is 0 Å². The number of anilines is 2. The molecule has 1 aromatic rings. The quantitative estimate of drug-likeness (QED) is 0.878. The predicted molar refractivity (Wildman–Crippen MR) is 75.3 cm³/mol. The van der Waals surface area contributed by atoms with E-state index in [2.05, 4.69) is 30.8 Å². The summed E-state index contributed by atoms with van der Waals surface area (Å²) >= 11 is 6.15. The van der Waals surface area contributed by atoms with Crippen molar-refractivity contribution >= 4 is 23.0 Å².